The van der Waals surface area contributed by atoms with Gasteiger partial charge in [-0.25, -0.2) is 18.7 Å². The normalized spacial score (nSPS) is 15.5. The second kappa shape index (κ2) is 7.15. The molecule has 6 nitrogen and oxygen atoms in total. The number of fused-ring (bicyclic) bond motifs is 1. The Labute approximate surface area is 149 Å². The monoisotopic (exact) mass is 356 g/mol. The molecule has 0 N–H and O–H groups in total. The van der Waals surface area contributed by atoms with Crippen LogP contribution in [-0.4, -0.2) is 46.3 Å². The molecule has 8 heteroatoms. The SMILES string of the molecule is FC(F)c1nc(N2CCCN(c3cccnn3)CC2)c2ccccc2n1. The van der Waals surface area contributed by atoms with Crippen molar-refractivity contribution in [2.45, 2.75) is 12.8 Å². The number of rotatable bonds is 3. The first kappa shape index (κ1) is 16.6. The first-order valence-corrected chi connectivity index (χ1v) is 8.55. The number of para-hydroxylation sites is 1. The van der Waals surface area contributed by atoms with E-state index in [-0.39, 0.29) is 0 Å². The summed E-state index contributed by atoms with van der Waals surface area (Å²) in [6.45, 7) is 2.96. The maximum absolute atomic E-state index is 13.2. The zero-order valence-electron chi connectivity index (χ0n) is 14.1. The third-order valence-corrected chi connectivity index (χ3v) is 4.47. The van der Waals surface area contributed by atoms with Crippen LogP contribution >= 0.6 is 0 Å². The van der Waals surface area contributed by atoms with Crippen molar-refractivity contribution in [3.63, 3.8) is 0 Å². The molecule has 1 aromatic carbocycles. The van der Waals surface area contributed by atoms with Crippen molar-refractivity contribution in [2.24, 2.45) is 0 Å². The van der Waals surface area contributed by atoms with E-state index in [4.69, 9.17) is 0 Å². The van der Waals surface area contributed by atoms with Crippen molar-refractivity contribution < 1.29 is 8.78 Å². The quantitative estimate of drug-likeness (QED) is 0.719. The number of nitrogens with zero attached hydrogens (tertiary/aromatic N) is 6. The van der Waals surface area contributed by atoms with Crippen LogP contribution in [0.3, 0.4) is 0 Å². The molecule has 134 valence electrons. The fourth-order valence-electron chi connectivity index (χ4n) is 3.24. The summed E-state index contributed by atoms with van der Waals surface area (Å²) in [5, 5.41) is 8.89. The lowest BCUT2D eigenvalue weighted by Gasteiger charge is -2.24. The molecule has 0 aliphatic carbocycles. The van der Waals surface area contributed by atoms with E-state index < -0.39 is 12.2 Å². The van der Waals surface area contributed by atoms with Crippen LogP contribution in [-0.2, 0) is 0 Å². The Morgan fingerprint density at radius 1 is 0.885 bits per heavy atom. The lowest BCUT2D eigenvalue weighted by Crippen LogP contribution is -2.32. The molecule has 0 amide bonds. The van der Waals surface area contributed by atoms with E-state index in [9.17, 15) is 8.78 Å². The van der Waals surface area contributed by atoms with Gasteiger partial charge in [0, 0.05) is 37.8 Å². The van der Waals surface area contributed by atoms with Crippen molar-refractivity contribution in [3.8, 4) is 0 Å². The summed E-state index contributed by atoms with van der Waals surface area (Å²) in [6.07, 6.45) is -0.174. The van der Waals surface area contributed by atoms with Crippen LogP contribution in [0.15, 0.2) is 42.6 Å². The molecule has 1 aliphatic heterocycles. The second-order valence-electron chi connectivity index (χ2n) is 6.13. The molecule has 0 unspecified atom stereocenters. The Morgan fingerprint density at radius 3 is 2.50 bits per heavy atom. The van der Waals surface area contributed by atoms with Gasteiger partial charge in [0.15, 0.2) is 11.6 Å². The van der Waals surface area contributed by atoms with Crippen molar-refractivity contribution in [2.75, 3.05) is 36.0 Å². The van der Waals surface area contributed by atoms with E-state index in [1.807, 2.05) is 24.3 Å². The van der Waals surface area contributed by atoms with E-state index in [0.717, 1.165) is 37.3 Å². The van der Waals surface area contributed by atoms with Crippen molar-refractivity contribution in [3.05, 3.63) is 48.4 Å². The minimum absolute atomic E-state index is 0.422. The summed E-state index contributed by atoms with van der Waals surface area (Å²) < 4.78 is 26.5. The van der Waals surface area contributed by atoms with Crippen LogP contribution in [0.4, 0.5) is 20.4 Å². The van der Waals surface area contributed by atoms with Gasteiger partial charge in [-0.05, 0) is 30.7 Å². The fraction of sp³-hybridized carbons (Fsp3) is 0.333. The van der Waals surface area contributed by atoms with Crippen LogP contribution in [0, 0.1) is 0 Å². The topological polar surface area (TPSA) is 58.0 Å². The van der Waals surface area contributed by atoms with Gasteiger partial charge >= 0.3 is 0 Å². The van der Waals surface area contributed by atoms with Gasteiger partial charge in [0.05, 0.1) is 5.52 Å². The third kappa shape index (κ3) is 3.26. The molecular weight excluding hydrogens is 338 g/mol. The minimum atomic E-state index is -2.69. The lowest BCUT2D eigenvalue weighted by molar-refractivity contribution is 0.141. The Kier molecular flexibility index (Phi) is 4.55. The summed E-state index contributed by atoms with van der Waals surface area (Å²) in [7, 11) is 0. The molecule has 1 fully saturated rings. The van der Waals surface area contributed by atoms with Crippen LogP contribution in [0.1, 0.15) is 18.7 Å². The van der Waals surface area contributed by atoms with E-state index >= 15 is 0 Å². The molecular formula is C18H18F2N6. The fourth-order valence-corrected chi connectivity index (χ4v) is 3.24. The predicted octanol–water partition coefficient (Wildman–Crippen LogP) is 3.07. The van der Waals surface area contributed by atoms with Gasteiger partial charge in [0.25, 0.3) is 6.43 Å². The lowest BCUT2D eigenvalue weighted by atomic mass is 10.2. The molecule has 1 aliphatic rings. The number of hydrogen-bond donors (Lipinski definition) is 0. The summed E-state index contributed by atoms with van der Waals surface area (Å²) in [5.41, 5.74) is 0.544. The zero-order valence-corrected chi connectivity index (χ0v) is 14.1. The van der Waals surface area contributed by atoms with Gasteiger partial charge in [-0.2, -0.15) is 5.10 Å². The molecule has 0 saturated carbocycles. The number of benzene rings is 1. The number of hydrogen-bond acceptors (Lipinski definition) is 6. The highest BCUT2D eigenvalue weighted by atomic mass is 19.3. The number of halogens is 2. The van der Waals surface area contributed by atoms with Gasteiger partial charge in [-0.1, -0.05) is 12.1 Å². The molecule has 4 rings (SSSR count). The van der Waals surface area contributed by atoms with Crippen molar-refractivity contribution in [1.82, 2.24) is 20.2 Å². The van der Waals surface area contributed by atoms with Gasteiger partial charge in [-0.3, -0.25) is 0 Å². The molecule has 3 aromatic rings. The first-order chi connectivity index (χ1) is 12.7. The van der Waals surface area contributed by atoms with E-state index in [0.29, 0.717) is 17.9 Å². The first-order valence-electron chi connectivity index (χ1n) is 8.55. The van der Waals surface area contributed by atoms with Gasteiger partial charge in [-0.15, -0.1) is 5.10 Å². The van der Waals surface area contributed by atoms with E-state index in [1.165, 1.54) is 0 Å². The number of anilines is 2. The minimum Gasteiger partial charge on any atom is -0.354 e. The Balaban J connectivity index is 1.65. The Hall–Kier alpha value is -2.90. The van der Waals surface area contributed by atoms with Crippen molar-refractivity contribution >= 4 is 22.5 Å². The van der Waals surface area contributed by atoms with Gasteiger partial charge in [0.2, 0.25) is 0 Å². The highest BCUT2D eigenvalue weighted by molar-refractivity contribution is 5.89. The molecule has 1 saturated heterocycles. The molecule has 0 bridgehead atoms. The molecule has 3 heterocycles. The smallest absolute Gasteiger partial charge is 0.297 e. The van der Waals surface area contributed by atoms with Crippen LogP contribution < -0.4 is 9.80 Å². The highest BCUT2D eigenvalue weighted by Gasteiger charge is 2.22. The van der Waals surface area contributed by atoms with Crippen LogP contribution in [0.2, 0.25) is 0 Å². The van der Waals surface area contributed by atoms with Gasteiger partial charge < -0.3 is 9.80 Å². The van der Waals surface area contributed by atoms with E-state index in [1.54, 1.807) is 18.3 Å². The Morgan fingerprint density at radius 2 is 1.69 bits per heavy atom. The maximum atomic E-state index is 13.2. The van der Waals surface area contributed by atoms with Crippen LogP contribution in [0.25, 0.3) is 10.9 Å². The summed E-state index contributed by atoms with van der Waals surface area (Å²) in [6, 6.07) is 11.1. The zero-order chi connectivity index (χ0) is 17.9. The number of alkyl halides is 2. The average Bonchev–Trinajstić information content (AvgIpc) is 2.94. The molecule has 2 aromatic heterocycles. The Bertz CT molecular complexity index is 889. The summed E-state index contributed by atoms with van der Waals surface area (Å²) in [5.74, 6) is 0.982. The predicted molar refractivity (Wildman–Crippen MR) is 95.6 cm³/mol. The molecule has 26 heavy (non-hydrogen) atoms. The third-order valence-electron chi connectivity index (χ3n) is 4.47. The van der Waals surface area contributed by atoms with Crippen LogP contribution in [0.5, 0.6) is 0 Å². The molecule has 0 atom stereocenters. The second-order valence-corrected chi connectivity index (χ2v) is 6.13. The largest absolute Gasteiger partial charge is 0.354 e. The number of aromatic nitrogens is 4. The maximum Gasteiger partial charge on any atom is 0.297 e. The van der Waals surface area contributed by atoms with E-state index in [2.05, 4.69) is 30.0 Å². The summed E-state index contributed by atoms with van der Waals surface area (Å²) >= 11 is 0. The standard InChI is InChI=1S/C18H18F2N6/c19-16(20)17-22-14-6-2-1-5-13(14)18(23-17)26-10-4-9-25(11-12-26)15-7-3-8-21-24-15/h1-3,5-8,16H,4,9-12H2. The average molecular weight is 356 g/mol. The molecule has 0 radical (unpaired) electrons. The summed E-state index contributed by atoms with van der Waals surface area (Å²) in [4.78, 5) is 12.4. The van der Waals surface area contributed by atoms with Gasteiger partial charge in [0.1, 0.15) is 5.82 Å². The van der Waals surface area contributed by atoms with Crippen molar-refractivity contribution in [1.29, 1.82) is 0 Å². The molecule has 0 spiro atoms. The highest BCUT2D eigenvalue weighted by Crippen LogP contribution is 2.28.